The van der Waals surface area contributed by atoms with Crippen molar-refractivity contribution in [1.82, 2.24) is 0 Å². The molecule has 17 heavy (non-hydrogen) atoms. The van der Waals surface area contributed by atoms with E-state index in [0.717, 1.165) is 12.2 Å². The van der Waals surface area contributed by atoms with E-state index < -0.39 is 17.4 Å². The number of carbonyl (C=O) groups excluding carboxylic acids is 2. The summed E-state index contributed by atoms with van der Waals surface area (Å²) >= 11 is 0. The van der Waals surface area contributed by atoms with Crippen molar-refractivity contribution in [3.63, 3.8) is 0 Å². The topological polar surface area (TPSA) is 105 Å². The molecule has 0 aliphatic carbocycles. The van der Waals surface area contributed by atoms with E-state index in [0.29, 0.717) is 0 Å². The van der Waals surface area contributed by atoms with Crippen molar-refractivity contribution in [2.45, 2.75) is 5.79 Å². The van der Waals surface area contributed by atoms with Crippen LogP contribution in [0.2, 0.25) is 0 Å². The van der Waals surface area contributed by atoms with Gasteiger partial charge in [-0.1, -0.05) is 13.2 Å². The first-order valence-corrected chi connectivity index (χ1v) is 5.10. The van der Waals surface area contributed by atoms with Crippen molar-refractivity contribution in [3.8, 4) is 0 Å². The van der Waals surface area contributed by atoms with E-state index >= 15 is 0 Å². The van der Waals surface area contributed by atoms with Gasteiger partial charge in [0.1, 0.15) is 0 Å². The highest BCUT2D eigenvalue weighted by Crippen LogP contribution is 2.18. The van der Waals surface area contributed by atoms with Crippen LogP contribution in [0, 0.1) is 0 Å². The van der Waals surface area contributed by atoms with Gasteiger partial charge >= 0.3 is 0 Å². The maximum absolute atomic E-state index is 11.7. The number of hydrogen-bond donors (Lipinski definition) is 2. The predicted octanol–water partition coefficient (Wildman–Crippen LogP) is -0.856. The highest BCUT2D eigenvalue weighted by Gasteiger charge is 2.45. The van der Waals surface area contributed by atoms with Gasteiger partial charge in [0, 0.05) is 13.1 Å². The number of ether oxygens (including phenoxy) is 2. The van der Waals surface area contributed by atoms with Crippen LogP contribution in [0.4, 0.5) is 0 Å². The second-order valence-electron chi connectivity index (χ2n) is 3.03. The van der Waals surface area contributed by atoms with E-state index in [9.17, 15) is 9.59 Å². The van der Waals surface area contributed by atoms with Crippen molar-refractivity contribution in [2.75, 3.05) is 26.3 Å². The fraction of sp³-hybridized carbons (Fsp3) is 0.455. The molecule has 0 aromatic rings. The molecule has 0 rings (SSSR count). The largest absolute Gasteiger partial charge is 0.336 e. The average molecular weight is 242 g/mol. The normalized spacial score (nSPS) is 10.9. The molecule has 4 N–H and O–H groups in total. The lowest BCUT2D eigenvalue weighted by molar-refractivity contribution is -0.216. The summed E-state index contributed by atoms with van der Waals surface area (Å²) in [7, 11) is 0. The molecule has 0 aliphatic heterocycles. The molecule has 0 saturated carbocycles. The van der Waals surface area contributed by atoms with Crippen LogP contribution in [0.25, 0.3) is 0 Å². The molecular weight excluding hydrogens is 224 g/mol. The van der Waals surface area contributed by atoms with Gasteiger partial charge in [0.2, 0.25) is 11.6 Å². The van der Waals surface area contributed by atoms with Crippen LogP contribution in [0.15, 0.2) is 25.3 Å². The van der Waals surface area contributed by atoms with Gasteiger partial charge in [0.05, 0.1) is 13.2 Å². The maximum atomic E-state index is 11.7. The molecule has 0 atom stereocenters. The minimum atomic E-state index is -2.05. The highest BCUT2D eigenvalue weighted by molar-refractivity contribution is 6.16. The Morgan fingerprint density at radius 2 is 1.35 bits per heavy atom. The molecule has 0 aromatic carbocycles. The molecule has 6 nitrogen and oxygen atoms in total. The Morgan fingerprint density at radius 1 is 1.00 bits per heavy atom. The van der Waals surface area contributed by atoms with Crippen molar-refractivity contribution in [1.29, 1.82) is 0 Å². The van der Waals surface area contributed by atoms with E-state index in [4.69, 9.17) is 20.9 Å². The Morgan fingerprint density at radius 3 is 1.59 bits per heavy atom. The van der Waals surface area contributed by atoms with Crippen molar-refractivity contribution in [2.24, 2.45) is 11.5 Å². The molecule has 0 spiro atoms. The Bertz CT molecular complexity index is 272. The molecule has 0 fully saturated rings. The number of rotatable bonds is 10. The first-order valence-electron chi connectivity index (χ1n) is 5.10. The zero-order valence-electron chi connectivity index (χ0n) is 9.69. The molecule has 96 valence electrons. The third-order valence-electron chi connectivity index (χ3n) is 1.87. The van der Waals surface area contributed by atoms with Crippen LogP contribution in [0.1, 0.15) is 0 Å². The summed E-state index contributed by atoms with van der Waals surface area (Å²) in [6, 6.07) is 0. The van der Waals surface area contributed by atoms with Gasteiger partial charge < -0.3 is 20.9 Å². The van der Waals surface area contributed by atoms with Gasteiger partial charge in [-0.15, -0.1) is 0 Å². The van der Waals surface area contributed by atoms with Crippen LogP contribution in [0.5, 0.6) is 0 Å². The van der Waals surface area contributed by atoms with Gasteiger partial charge in [0.25, 0.3) is 5.79 Å². The third kappa shape index (κ3) is 3.86. The van der Waals surface area contributed by atoms with Crippen molar-refractivity contribution >= 4 is 11.6 Å². The van der Waals surface area contributed by atoms with E-state index in [2.05, 4.69) is 13.2 Å². The number of ketones is 2. The Balaban J connectivity index is 5.18. The van der Waals surface area contributed by atoms with Crippen LogP contribution in [-0.2, 0) is 19.1 Å². The smallest absolute Gasteiger partial charge is 0.298 e. The first-order chi connectivity index (χ1) is 8.08. The molecule has 0 aliphatic rings. The Kier molecular flexibility index (Phi) is 7.24. The summed E-state index contributed by atoms with van der Waals surface area (Å²) < 4.78 is 10.3. The molecule has 0 radical (unpaired) electrons. The van der Waals surface area contributed by atoms with Gasteiger partial charge in [0.15, 0.2) is 0 Å². The van der Waals surface area contributed by atoms with Gasteiger partial charge in [-0.05, 0) is 12.2 Å². The molecule has 0 bridgehead atoms. The quantitative estimate of drug-likeness (QED) is 0.293. The summed E-state index contributed by atoms with van der Waals surface area (Å²) in [5.41, 5.74) is 10.5. The predicted molar refractivity (Wildman–Crippen MR) is 63.2 cm³/mol. The molecule has 0 amide bonds. The van der Waals surface area contributed by atoms with Crippen LogP contribution in [0.3, 0.4) is 0 Å². The number of hydrogen-bond acceptors (Lipinski definition) is 6. The minimum Gasteiger partial charge on any atom is -0.336 e. The fourth-order valence-electron chi connectivity index (χ4n) is 1.12. The van der Waals surface area contributed by atoms with Gasteiger partial charge in [-0.25, -0.2) is 0 Å². The molecule has 6 heteroatoms. The summed E-state index contributed by atoms with van der Waals surface area (Å²) in [5, 5.41) is 0. The lowest BCUT2D eigenvalue weighted by Crippen LogP contribution is -2.51. The molecule has 0 saturated heterocycles. The summed E-state index contributed by atoms with van der Waals surface area (Å²) in [6.07, 6.45) is 1.91. The van der Waals surface area contributed by atoms with Crippen molar-refractivity contribution < 1.29 is 19.1 Å². The molecule has 0 unspecified atom stereocenters. The van der Waals surface area contributed by atoms with E-state index in [1.54, 1.807) is 0 Å². The summed E-state index contributed by atoms with van der Waals surface area (Å²) in [6.45, 7) is 6.86. The summed E-state index contributed by atoms with van der Waals surface area (Å²) in [5.74, 6) is -3.46. The van der Waals surface area contributed by atoms with E-state index in [-0.39, 0.29) is 26.3 Å². The highest BCUT2D eigenvalue weighted by atomic mass is 16.7. The maximum Gasteiger partial charge on any atom is 0.298 e. The SMILES string of the molecule is C=CC(=O)C(OCCN)(OCCN)C(=O)C=C. The Hall–Kier alpha value is -1.34. The molecule has 0 heterocycles. The van der Waals surface area contributed by atoms with E-state index in [1.807, 2.05) is 0 Å². The second kappa shape index (κ2) is 7.86. The second-order valence-corrected chi connectivity index (χ2v) is 3.03. The van der Waals surface area contributed by atoms with Crippen LogP contribution >= 0.6 is 0 Å². The molecule has 0 aromatic heterocycles. The monoisotopic (exact) mass is 242 g/mol. The van der Waals surface area contributed by atoms with Gasteiger partial charge in [-0.3, -0.25) is 9.59 Å². The number of nitrogens with two attached hydrogens (primary N) is 2. The van der Waals surface area contributed by atoms with Crippen LogP contribution < -0.4 is 11.5 Å². The zero-order chi connectivity index (χ0) is 13.3. The average Bonchev–Trinajstić information content (AvgIpc) is 2.37. The minimum absolute atomic E-state index is 0.0102. The van der Waals surface area contributed by atoms with Gasteiger partial charge in [-0.2, -0.15) is 0 Å². The fourth-order valence-corrected chi connectivity index (χ4v) is 1.12. The summed E-state index contributed by atoms with van der Waals surface area (Å²) in [4.78, 5) is 23.5. The van der Waals surface area contributed by atoms with E-state index in [1.165, 1.54) is 0 Å². The first kappa shape index (κ1) is 15.7. The van der Waals surface area contributed by atoms with Crippen molar-refractivity contribution in [3.05, 3.63) is 25.3 Å². The third-order valence-corrected chi connectivity index (χ3v) is 1.87. The standard InChI is InChI=1S/C11H18N2O4/c1-3-9(14)11(10(15)4-2,16-7-5-12)17-8-6-13/h3-4H,1-2,5-8,12-13H2. The number of carbonyl (C=O) groups is 2. The zero-order valence-corrected chi connectivity index (χ0v) is 9.69. The lowest BCUT2D eigenvalue weighted by atomic mass is 10.1. The molecular formula is C11H18N2O4. The lowest BCUT2D eigenvalue weighted by Gasteiger charge is -2.28. The van der Waals surface area contributed by atoms with Crippen LogP contribution in [-0.4, -0.2) is 43.7 Å². The Labute approximate surface area is 100 Å².